The van der Waals surface area contributed by atoms with Crippen LogP contribution in [0, 0.1) is 0 Å². The number of nitrogens with zero attached hydrogens (tertiary/aromatic N) is 2. The molecule has 0 saturated carbocycles. The first kappa shape index (κ1) is 14.4. The number of aromatic nitrogens is 2. The van der Waals surface area contributed by atoms with Gasteiger partial charge in [0.15, 0.2) is 0 Å². The highest BCUT2D eigenvalue weighted by Crippen LogP contribution is 2.20. The van der Waals surface area contributed by atoms with Gasteiger partial charge in [-0.15, -0.1) is 11.6 Å². The predicted molar refractivity (Wildman–Crippen MR) is 76.7 cm³/mol. The summed E-state index contributed by atoms with van der Waals surface area (Å²) in [6, 6.07) is 9.25. The van der Waals surface area contributed by atoms with Crippen LogP contribution in [0.4, 0.5) is 4.79 Å². The van der Waals surface area contributed by atoms with Crippen molar-refractivity contribution in [2.75, 3.05) is 12.5 Å². The molecular formula is C14H16ClN3O2. The summed E-state index contributed by atoms with van der Waals surface area (Å²) in [6.45, 7) is 0.176. The molecule has 1 unspecified atom stereocenters. The lowest BCUT2D eigenvalue weighted by Crippen LogP contribution is -2.32. The van der Waals surface area contributed by atoms with E-state index in [1.54, 1.807) is 6.20 Å². The number of nitrogens with one attached hydrogen (secondary N) is 1. The molecule has 0 aliphatic rings. The fourth-order valence-corrected chi connectivity index (χ4v) is 1.97. The first-order valence-corrected chi connectivity index (χ1v) is 6.77. The standard InChI is InChI=1S/C14H16ClN3O2/c1-18-9-8-16-13(18)12(11-5-3-2-4-6-11)17-14(19)20-10-7-15/h2-6,8-9,12H,7,10H2,1H3,(H,17,19). The average Bonchev–Trinajstić information content (AvgIpc) is 2.89. The number of imidazole rings is 1. The van der Waals surface area contributed by atoms with Crippen molar-refractivity contribution in [3.63, 3.8) is 0 Å². The summed E-state index contributed by atoms with van der Waals surface area (Å²) in [6.07, 6.45) is 3.01. The van der Waals surface area contributed by atoms with E-state index in [0.29, 0.717) is 0 Å². The molecule has 106 valence electrons. The van der Waals surface area contributed by atoms with Gasteiger partial charge < -0.3 is 14.6 Å². The van der Waals surface area contributed by atoms with Crippen LogP contribution in [-0.2, 0) is 11.8 Å². The van der Waals surface area contributed by atoms with Crippen LogP contribution in [0.1, 0.15) is 17.4 Å². The van der Waals surface area contributed by atoms with E-state index in [2.05, 4.69) is 10.3 Å². The third-order valence-corrected chi connectivity index (χ3v) is 2.98. The molecule has 1 amide bonds. The smallest absolute Gasteiger partial charge is 0.408 e. The minimum Gasteiger partial charge on any atom is -0.448 e. The number of alkyl halides is 1. The number of benzene rings is 1. The largest absolute Gasteiger partial charge is 0.448 e. The molecule has 0 aliphatic carbocycles. The Hall–Kier alpha value is -2.01. The summed E-state index contributed by atoms with van der Waals surface area (Å²) in [5, 5.41) is 2.81. The second-order valence-corrected chi connectivity index (χ2v) is 4.59. The lowest BCUT2D eigenvalue weighted by molar-refractivity contribution is 0.150. The van der Waals surface area contributed by atoms with Crippen molar-refractivity contribution >= 4 is 17.7 Å². The minimum atomic E-state index is -0.512. The lowest BCUT2D eigenvalue weighted by atomic mass is 10.1. The Labute approximate surface area is 122 Å². The van der Waals surface area contributed by atoms with Crippen LogP contribution in [0.2, 0.25) is 0 Å². The van der Waals surface area contributed by atoms with Gasteiger partial charge in [0.05, 0.1) is 5.88 Å². The molecule has 1 heterocycles. The molecule has 5 nitrogen and oxygen atoms in total. The molecule has 0 fully saturated rings. The van der Waals surface area contributed by atoms with Gasteiger partial charge in [-0.3, -0.25) is 0 Å². The van der Waals surface area contributed by atoms with Crippen LogP contribution in [0.5, 0.6) is 0 Å². The van der Waals surface area contributed by atoms with Crippen molar-refractivity contribution in [2.24, 2.45) is 7.05 Å². The Morgan fingerprint density at radius 1 is 1.45 bits per heavy atom. The van der Waals surface area contributed by atoms with Gasteiger partial charge in [0.2, 0.25) is 0 Å². The molecule has 6 heteroatoms. The Kier molecular flexibility index (Phi) is 5.01. The number of hydrogen-bond donors (Lipinski definition) is 1. The summed E-state index contributed by atoms with van der Waals surface area (Å²) >= 11 is 5.50. The Morgan fingerprint density at radius 3 is 2.80 bits per heavy atom. The summed E-state index contributed by atoms with van der Waals surface area (Å²) in [5.74, 6) is 1.00. The molecule has 0 radical (unpaired) electrons. The highest BCUT2D eigenvalue weighted by atomic mass is 35.5. The molecule has 1 atom stereocenters. The molecule has 0 spiro atoms. The third-order valence-electron chi connectivity index (χ3n) is 2.82. The molecule has 0 saturated heterocycles. The number of carbonyl (C=O) groups is 1. The Balaban J connectivity index is 2.22. The van der Waals surface area contributed by atoms with Crippen molar-refractivity contribution in [3.8, 4) is 0 Å². The van der Waals surface area contributed by atoms with E-state index in [-0.39, 0.29) is 18.5 Å². The van der Waals surface area contributed by atoms with E-state index in [4.69, 9.17) is 16.3 Å². The van der Waals surface area contributed by atoms with Crippen LogP contribution in [-0.4, -0.2) is 28.1 Å². The fourth-order valence-electron chi connectivity index (χ4n) is 1.89. The van der Waals surface area contributed by atoms with Crippen LogP contribution >= 0.6 is 11.6 Å². The van der Waals surface area contributed by atoms with Crippen LogP contribution in [0.15, 0.2) is 42.7 Å². The summed E-state index contributed by atoms with van der Waals surface area (Å²) in [5.41, 5.74) is 0.935. The number of ether oxygens (including phenoxy) is 1. The van der Waals surface area contributed by atoms with Gasteiger partial charge in [-0.2, -0.15) is 0 Å². The van der Waals surface area contributed by atoms with Crippen molar-refractivity contribution < 1.29 is 9.53 Å². The topological polar surface area (TPSA) is 56.2 Å². The number of alkyl carbamates (subject to hydrolysis) is 1. The quantitative estimate of drug-likeness (QED) is 0.862. The van der Waals surface area contributed by atoms with Crippen molar-refractivity contribution in [1.82, 2.24) is 14.9 Å². The molecule has 0 bridgehead atoms. The number of rotatable bonds is 5. The van der Waals surface area contributed by atoms with E-state index in [9.17, 15) is 4.79 Å². The van der Waals surface area contributed by atoms with Crippen molar-refractivity contribution in [1.29, 1.82) is 0 Å². The number of halogens is 1. The average molecular weight is 294 g/mol. The zero-order valence-electron chi connectivity index (χ0n) is 11.1. The first-order chi connectivity index (χ1) is 9.72. The molecule has 2 rings (SSSR count). The summed E-state index contributed by atoms with van der Waals surface area (Å²) < 4.78 is 6.82. The van der Waals surface area contributed by atoms with E-state index in [1.165, 1.54) is 0 Å². The second kappa shape index (κ2) is 6.96. The molecular weight excluding hydrogens is 278 g/mol. The van der Waals surface area contributed by atoms with Crippen LogP contribution in [0.3, 0.4) is 0 Å². The molecule has 1 aromatic carbocycles. The van der Waals surface area contributed by atoms with Gasteiger partial charge in [-0.25, -0.2) is 9.78 Å². The second-order valence-electron chi connectivity index (χ2n) is 4.21. The van der Waals surface area contributed by atoms with Crippen molar-refractivity contribution in [2.45, 2.75) is 6.04 Å². The summed E-state index contributed by atoms with van der Waals surface area (Å²) in [4.78, 5) is 16.1. The van der Waals surface area contributed by atoms with Gasteiger partial charge in [0.25, 0.3) is 0 Å². The number of amides is 1. The SMILES string of the molecule is Cn1ccnc1C(NC(=O)OCCCl)c1ccccc1. The molecule has 1 N–H and O–H groups in total. The minimum absolute atomic E-state index is 0.176. The zero-order valence-corrected chi connectivity index (χ0v) is 11.9. The zero-order chi connectivity index (χ0) is 14.4. The molecule has 2 aromatic rings. The number of carbonyl (C=O) groups excluding carboxylic acids is 1. The monoisotopic (exact) mass is 293 g/mol. The van der Waals surface area contributed by atoms with Gasteiger partial charge in [0.1, 0.15) is 18.5 Å². The molecule has 0 aliphatic heterocycles. The Bertz CT molecular complexity index is 557. The maximum atomic E-state index is 11.8. The summed E-state index contributed by atoms with van der Waals surface area (Å²) in [7, 11) is 1.88. The maximum absolute atomic E-state index is 11.8. The van der Waals surface area contributed by atoms with Crippen LogP contribution in [0.25, 0.3) is 0 Å². The first-order valence-electron chi connectivity index (χ1n) is 6.24. The highest BCUT2D eigenvalue weighted by Gasteiger charge is 2.20. The van der Waals surface area contributed by atoms with E-state index in [0.717, 1.165) is 11.4 Å². The predicted octanol–water partition coefficient (Wildman–Crippen LogP) is 2.47. The maximum Gasteiger partial charge on any atom is 0.408 e. The Morgan fingerprint density at radius 2 is 2.20 bits per heavy atom. The number of aryl methyl sites for hydroxylation is 1. The van der Waals surface area contributed by atoms with Gasteiger partial charge in [-0.1, -0.05) is 30.3 Å². The number of hydrogen-bond acceptors (Lipinski definition) is 3. The molecule has 20 heavy (non-hydrogen) atoms. The molecule has 1 aromatic heterocycles. The van der Waals surface area contributed by atoms with E-state index >= 15 is 0 Å². The normalized spacial score (nSPS) is 11.9. The lowest BCUT2D eigenvalue weighted by Gasteiger charge is -2.18. The van der Waals surface area contributed by atoms with E-state index < -0.39 is 6.09 Å². The fraction of sp³-hybridized carbons (Fsp3) is 0.286. The van der Waals surface area contributed by atoms with Gasteiger partial charge >= 0.3 is 6.09 Å². The van der Waals surface area contributed by atoms with Gasteiger partial charge in [-0.05, 0) is 5.56 Å². The van der Waals surface area contributed by atoms with E-state index in [1.807, 2.05) is 48.1 Å². The van der Waals surface area contributed by atoms with Gasteiger partial charge in [0, 0.05) is 19.4 Å². The third kappa shape index (κ3) is 3.51. The van der Waals surface area contributed by atoms with Crippen LogP contribution < -0.4 is 5.32 Å². The highest BCUT2D eigenvalue weighted by molar-refractivity contribution is 6.18. The van der Waals surface area contributed by atoms with Crippen molar-refractivity contribution in [3.05, 3.63) is 54.1 Å².